The second-order valence-corrected chi connectivity index (χ2v) is 6.19. The van der Waals surface area contributed by atoms with Gasteiger partial charge in [-0.15, -0.1) is 11.7 Å². The minimum Gasteiger partial charge on any atom is -0.292 e. The highest BCUT2D eigenvalue weighted by atomic mass is 127. The van der Waals surface area contributed by atoms with E-state index in [4.69, 9.17) is 0 Å². The number of aromatic nitrogens is 3. The first-order chi connectivity index (χ1) is 9.22. The molecule has 0 saturated heterocycles. The maximum Gasteiger partial charge on any atom is 0.186 e. The second-order valence-electron chi connectivity index (χ2n) is 5.17. The molecule has 0 spiro atoms. The summed E-state index contributed by atoms with van der Waals surface area (Å²) >= 11 is 2.19. The van der Waals surface area contributed by atoms with Gasteiger partial charge in [0.15, 0.2) is 11.5 Å². The first-order valence-corrected chi connectivity index (χ1v) is 8.03. The van der Waals surface area contributed by atoms with Gasteiger partial charge >= 0.3 is 0 Å². The second kappa shape index (κ2) is 7.17. The molecule has 0 aromatic carbocycles. The van der Waals surface area contributed by atoms with Crippen molar-refractivity contribution in [3.05, 3.63) is 22.0 Å². The van der Waals surface area contributed by atoms with Crippen LogP contribution < -0.4 is 0 Å². The Morgan fingerprint density at radius 2 is 2.16 bits per heavy atom. The van der Waals surface area contributed by atoms with Crippen molar-refractivity contribution in [1.82, 2.24) is 15.0 Å². The Morgan fingerprint density at radius 3 is 2.84 bits per heavy atom. The Hall–Kier alpha value is -0.720. The molecule has 0 N–H and O–H groups in total. The molecule has 0 unspecified atom stereocenters. The summed E-state index contributed by atoms with van der Waals surface area (Å²) in [7, 11) is 0. The minimum atomic E-state index is 0.0687. The predicted octanol–water partition coefficient (Wildman–Crippen LogP) is 3.61. The van der Waals surface area contributed by atoms with E-state index in [0.717, 1.165) is 10.2 Å². The van der Waals surface area contributed by atoms with Crippen LogP contribution in [0.5, 0.6) is 0 Å². The van der Waals surface area contributed by atoms with E-state index >= 15 is 0 Å². The summed E-state index contributed by atoms with van der Waals surface area (Å²) in [5, 5.41) is 8.21. The molecule has 19 heavy (non-hydrogen) atoms. The molecule has 0 amide bonds. The third kappa shape index (κ3) is 3.87. The van der Waals surface area contributed by atoms with Crippen LogP contribution in [0.1, 0.15) is 55.4 Å². The molecule has 5 heteroatoms. The monoisotopic (exact) mass is 373 g/mol. The third-order valence-corrected chi connectivity index (χ3v) is 4.74. The van der Waals surface area contributed by atoms with Crippen molar-refractivity contribution < 1.29 is 4.79 Å². The van der Waals surface area contributed by atoms with Crippen molar-refractivity contribution in [2.24, 2.45) is 5.92 Å². The Morgan fingerprint density at radius 1 is 1.42 bits per heavy atom. The molecule has 1 aromatic rings. The summed E-state index contributed by atoms with van der Waals surface area (Å²) in [4.78, 5) is 12.0. The molecule has 1 saturated carbocycles. The highest BCUT2D eigenvalue weighted by Gasteiger charge is 2.20. The number of carbonyl (C=O) groups excluding carboxylic acids is 1. The van der Waals surface area contributed by atoms with Crippen LogP contribution in [0.3, 0.4) is 0 Å². The van der Waals surface area contributed by atoms with Gasteiger partial charge in [0.1, 0.15) is 3.70 Å². The number of hydrogen-bond donors (Lipinski definition) is 0. The average molecular weight is 373 g/mol. The lowest BCUT2D eigenvalue weighted by Gasteiger charge is -2.21. The van der Waals surface area contributed by atoms with Crippen LogP contribution in [-0.2, 0) is 6.54 Å². The fourth-order valence-corrected chi connectivity index (χ4v) is 3.26. The fourth-order valence-electron chi connectivity index (χ4n) is 2.55. The number of hydrogen-bond acceptors (Lipinski definition) is 3. The summed E-state index contributed by atoms with van der Waals surface area (Å²) in [6.07, 6.45) is 9.48. The van der Waals surface area contributed by atoms with Crippen LogP contribution >= 0.6 is 22.6 Å². The Balaban J connectivity index is 2.00. The lowest BCUT2D eigenvalue weighted by Crippen LogP contribution is -2.16. The molecule has 2 rings (SSSR count). The predicted molar refractivity (Wildman–Crippen MR) is 83.1 cm³/mol. The van der Waals surface area contributed by atoms with E-state index in [0.29, 0.717) is 24.5 Å². The summed E-state index contributed by atoms with van der Waals surface area (Å²) in [6.45, 7) is 4.54. The van der Waals surface area contributed by atoms with E-state index in [-0.39, 0.29) is 5.78 Å². The molecule has 0 aliphatic heterocycles. The number of ketones is 1. The Kier molecular flexibility index (Phi) is 5.54. The number of halogens is 1. The number of carbonyl (C=O) groups is 1. The first-order valence-electron chi connectivity index (χ1n) is 6.95. The van der Waals surface area contributed by atoms with E-state index in [1.54, 1.807) is 6.08 Å². The van der Waals surface area contributed by atoms with E-state index in [1.807, 2.05) is 4.68 Å². The normalized spacial score (nSPS) is 16.5. The zero-order chi connectivity index (χ0) is 13.7. The summed E-state index contributed by atoms with van der Waals surface area (Å²) in [5.41, 5.74) is 0.526. The van der Waals surface area contributed by atoms with E-state index in [2.05, 4.69) is 39.5 Å². The van der Waals surface area contributed by atoms with Gasteiger partial charge in [-0.2, -0.15) is 0 Å². The highest BCUT2D eigenvalue weighted by Crippen LogP contribution is 2.25. The van der Waals surface area contributed by atoms with Crippen molar-refractivity contribution in [3.8, 4) is 0 Å². The quantitative estimate of drug-likeness (QED) is 0.435. The molecule has 0 bridgehead atoms. The SMILES string of the molecule is C=CCCC(=O)c1nnn(CC2CCCCC2)c1I. The van der Waals surface area contributed by atoms with Gasteiger partial charge in [0.2, 0.25) is 0 Å². The average Bonchev–Trinajstić information content (AvgIpc) is 2.79. The largest absolute Gasteiger partial charge is 0.292 e. The minimum absolute atomic E-state index is 0.0687. The van der Waals surface area contributed by atoms with Crippen molar-refractivity contribution >= 4 is 28.4 Å². The van der Waals surface area contributed by atoms with Gasteiger partial charge in [0, 0.05) is 13.0 Å². The lowest BCUT2D eigenvalue weighted by atomic mass is 9.89. The van der Waals surface area contributed by atoms with Gasteiger partial charge in [0.05, 0.1) is 0 Å². The van der Waals surface area contributed by atoms with E-state index in [9.17, 15) is 4.79 Å². The molecular formula is C14H20IN3O. The van der Waals surface area contributed by atoms with Crippen LogP contribution in [0.4, 0.5) is 0 Å². The molecular weight excluding hydrogens is 353 g/mol. The molecule has 1 fully saturated rings. The highest BCUT2D eigenvalue weighted by molar-refractivity contribution is 14.1. The van der Waals surface area contributed by atoms with E-state index in [1.165, 1.54) is 32.1 Å². The number of rotatable bonds is 6. The van der Waals surface area contributed by atoms with E-state index < -0.39 is 0 Å². The smallest absolute Gasteiger partial charge is 0.186 e. The van der Waals surface area contributed by atoms with Crippen LogP contribution in [0.25, 0.3) is 0 Å². The summed E-state index contributed by atoms with van der Waals surface area (Å²) in [6, 6.07) is 0. The van der Waals surface area contributed by atoms with Crippen molar-refractivity contribution in [2.45, 2.75) is 51.5 Å². The molecule has 1 aliphatic carbocycles. The van der Waals surface area contributed by atoms with Crippen molar-refractivity contribution in [2.75, 3.05) is 0 Å². The third-order valence-electron chi connectivity index (χ3n) is 3.67. The first kappa shape index (κ1) is 14.7. The maximum atomic E-state index is 12.0. The molecule has 0 atom stereocenters. The zero-order valence-corrected chi connectivity index (χ0v) is 13.3. The molecule has 1 aliphatic rings. The summed E-state index contributed by atoms with van der Waals surface area (Å²) < 4.78 is 2.79. The molecule has 1 heterocycles. The lowest BCUT2D eigenvalue weighted by molar-refractivity contribution is 0.0978. The van der Waals surface area contributed by atoms with Gasteiger partial charge in [-0.25, -0.2) is 4.68 Å². The topological polar surface area (TPSA) is 47.8 Å². The van der Waals surface area contributed by atoms with Crippen molar-refractivity contribution in [1.29, 1.82) is 0 Å². The number of Topliss-reactive ketones (excluding diaryl/α,β-unsaturated/α-hetero) is 1. The maximum absolute atomic E-state index is 12.0. The van der Waals surface area contributed by atoms with Gasteiger partial charge in [-0.1, -0.05) is 30.6 Å². The van der Waals surface area contributed by atoms with Crippen LogP contribution in [-0.4, -0.2) is 20.8 Å². The van der Waals surface area contributed by atoms with Crippen LogP contribution in [0, 0.1) is 9.62 Å². The zero-order valence-electron chi connectivity index (χ0n) is 11.1. The van der Waals surface area contributed by atoms with Gasteiger partial charge in [0.25, 0.3) is 0 Å². The standard InChI is InChI=1S/C14H20IN3O/c1-2-3-9-12(19)13-14(15)18(17-16-13)10-11-7-5-4-6-8-11/h2,11H,1,3-10H2. The number of allylic oxidation sites excluding steroid dienone is 1. The van der Waals surface area contributed by atoms with Crippen molar-refractivity contribution in [3.63, 3.8) is 0 Å². The molecule has 1 aromatic heterocycles. The molecule has 4 nitrogen and oxygen atoms in total. The molecule has 104 valence electrons. The van der Waals surface area contributed by atoms with Gasteiger partial charge in [-0.3, -0.25) is 4.79 Å². The fraction of sp³-hybridized carbons (Fsp3) is 0.643. The van der Waals surface area contributed by atoms with Crippen LogP contribution in [0.2, 0.25) is 0 Å². The Bertz CT molecular complexity index is 450. The molecule has 0 radical (unpaired) electrons. The number of nitrogens with zero attached hydrogens (tertiary/aromatic N) is 3. The Labute approximate surface area is 127 Å². The van der Waals surface area contributed by atoms with Gasteiger partial charge in [-0.05, 0) is 47.8 Å². The van der Waals surface area contributed by atoms with Gasteiger partial charge < -0.3 is 0 Å². The van der Waals surface area contributed by atoms with Crippen LogP contribution in [0.15, 0.2) is 12.7 Å². The summed E-state index contributed by atoms with van der Waals surface area (Å²) in [5.74, 6) is 0.763.